The number of hydrogen-bond acceptors (Lipinski definition) is 6. The van der Waals surface area contributed by atoms with Crippen LogP contribution in [0.4, 0.5) is 4.79 Å². The van der Waals surface area contributed by atoms with Crippen LogP contribution in [0, 0.1) is 0 Å². The van der Waals surface area contributed by atoms with Crippen LogP contribution < -0.4 is 5.32 Å². The van der Waals surface area contributed by atoms with Crippen molar-refractivity contribution in [2.75, 3.05) is 32.4 Å². The van der Waals surface area contributed by atoms with Gasteiger partial charge in [0.05, 0.1) is 12.8 Å². The van der Waals surface area contributed by atoms with E-state index >= 15 is 0 Å². The molecule has 1 saturated heterocycles. The van der Waals surface area contributed by atoms with E-state index in [0.29, 0.717) is 44.3 Å². The third kappa shape index (κ3) is 4.58. The first-order valence-corrected chi connectivity index (χ1v) is 10.1. The molecule has 1 aromatic carbocycles. The Morgan fingerprint density at radius 3 is 2.69 bits per heavy atom. The molecule has 140 valence electrons. The summed E-state index contributed by atoms with van der Waals surface area (Å²) < 4.78 is 29.8. The third-order valence-electron chi connectivity index (χ3n) is 4.10. The second-order valence-corrected chi connectivity index (χ2v) is 8.02. The number of hydrogen-bond donors (Lipinski definition) is 1. The normalized spacial score (nSPS) is 16.3. The lowest BCUT2D eigenvalue weighted by Gasteiger charge is -2.21. The Morgan fingerprint density at radius 1 is 1.19 bits per heavy atom. The van der Waals surface area contributed by atoms with Gasteiger partial charge in [0, 0.05) is 31.7 Å². The van der Waals surface area contributed by atoms with Crippen LogP contribution in [-0.4, -0.2) is 66.2 Å². The molecule has 1 N–H and O–H groups in total. The topological polar surface area (TPSA) is 109 Å². The molecule has 9 nitrogen and oxygen atoms in total. The number of carbonyl (C=O) groups excluding carboxylic acids is 1. The summed E-state index contributed by atoms with van der Waals surface area (Å²) in [4.78, 5) is 18.2. The number of carbonyl (C=O) groups is 1. The van der Waals surface area contributed by atoms with Crippen LogP contribution in [0.5, 0.6) is 0 Å². The molecular formula is C16H21N5O4S. The van der Waals surface area contributed by atoms with Crippen molar-refractivity contribution >= 4 is 16.1 Å². The first-order chi connectivity index (χ1) is 12.4. The van der Waals surface area contributed by atoms with Crippen molar-refractivity contribution in [3.8, 4) is 11.4 Å². The number of nitrogens with one attached hydrogen (secondary N) is 1. The van der Waals surface area contributed by atoms with Crippen LogP contribution in [0.1, 0.15) is 12.3 Å². The maximum atomic E-state index is 12.3. The highest BCUT2D eigenvalue weighted by Crippen LogP contribution is 2.14. The predicted octanol–water partition coefficient (Wildman–Crippen LogP) is 0.913. The fourth-order valence-corrected chi connectivity index (χ4v) is 3.60. The van der Waals surface area contributed by atoms with Crippen LogP contribution in [0.15, 0.2) is 34.9 Å². The van der Waals surface area contributed by atoms with Gasteiger partial charge in [-0.05, 0) is 6.42 Å². The number of amides is 2. The fourth-order valence-electron chi connectivity index (χ4n) is 2.72. The highest BCUT2D eigenvalue weighted by Gasteiger charge is 2.24. The van der Waals surface area contributed by atoms with Crippen LogP contribution in [0.25, 0.3) is 11.4 Å². The summed E-state index contributed by atoms with van der Waals surface area (Å²) in [6, 6.07) is 9.13. The van der Waals surface area contributed by atoms with Gasteiger partial charge in [0.1, 0.15) is 0 Å². The predicted molar refractivity (Wildman–Crippen MR) is 94.6 cm³/mol. The van der Waals surface area contributed by atoms with E-state index in [-0.39, 0.29) is 12.6 Å². The second kappa shape index (κ2) is 7.83. The molecule has 10 heteroatoms. The maximum absolute atomic E-state index is 12.3. The minimum Gasteiger partial charge on any atom is -0.337 e. The number of nitrogens with zero attached hydrogens (tertiary/aromatic N) is 4. The zero-order valence-electron chi connectivity index (χ0n) is 14.5. The van der Waals surface area contributed by atoms with Gasteiger partial charge in [-0.1, -0.05) is 35.5 Å². The first kappa shape index (κ1) is 18.3. The summed E-state index contributed by atoms with van der Waals surface area (Å²) in [6.07, 6.45) is 1.78. The van der Waals surface area contributed by atoms with Crippen LogP contribution in [-0.2, 0) is 16.6 Å². The van der Waals surface area contributed by atoms with Gasteiger partial charge >= 0.3 is 6.03 Å². The molecule has 1 aliphatic heterocycles. The van der Waals surface area contributed by atoms with Gasteiger partial charge in [-0.3, -0.25) is 0 Å². The molecule has 0 spiro atoms. The SMILES string of the molecule is CS(=O)(=O)N1CCCN(C(=O)NCc2nc(-c3ccccc3)no2)CC1. The quantitative estimate of drug-likeness (QED) is 0.846. The molecule has 2 amide bonds. The van der Waals surface area contributed by atoms with E-state index in [2.05, 4.69) is 15.5 Å². The van der Waals surface area contributed by atoms with Crippen molar-refractivity contribution in [2.45, 2.75) is 13.0 Å². The van der Waals surface area contributed by atoms with Crippen molar-refractivity contribution in [2.24, 2.45) is 0 Å². The molecule has 1 aromatic heterocycles. The second-order valence-electron chi connectivity index (χ2n) is 6.04. The Bertz CT molecular complexity index is 853. The van der Waals surface area contributed by atoms with E-state index in [1.807, 2.05) is 30.3 Å². The average molecular weight is 379 g/mol. The Hall–Kier alpha value is -2.46. The molecule has 0 atom stereocenters. The minimum absolute atomic E-state index is 0.116. The van der Waals surface area contributed by atoms with Gasteiger partial charge in [0.25, 0.3) is 0 Å². The summed E-state index contributed by atoms with van der Waals surface area (Å²) in [5.41, 5.74) is 0.835. The van der Waals surface area contributed by atoms with E-state index < -0.39 is 10.0 Å². The number of urea groups is 1. The van der Waals surface area contributed by atoms with Gasteiger partial charge in [-0.15, -0.1) is 0 Å². The molecule has 1 aliphatic rings. The van der Waals surface area contributed by atoms with Gasteiger partial charge in [0.15, 0.2) is 0 Å². The number of rotatable bonds is 4. The first-order valence-electron chi connectivity index (χ1n) is 8.29. The van der Waals surface area contributed by atoms with Gasteiger partial charge in [-0.2, -0.15) is 4.98 Å². The lowest BCUT2D eigenvalue weighted by atomic mass is 10.2. The summed E-state index contributed by atoms with van der Waals surface area (Å²) in [7, 11) is -3.24. The number of benzene rings is 1. The Balaban J connectivity index is 1.54. The Labute approximate surface area is 152 Å². The largest absolute Gasteiger partial charge is 0.337 e. The van der Waals surface area contributed by atoms with Crippen molar-refractivity contribution < 1.29 is 17.7 Å². The smallest absolute Gasteiger partial charge is 0.317 e. The minimum atomic E-state index is -3.24. The molecule has 1 fully saturated rings. The standard InChI is InChI=1S/C16H21N5O4S/c1-26(23,24)21-9-5-8-20(10-11-21)16(22)17-12-14-18-15(19-25-14)13-6-3-2-4-7-13/h2-4,6-7H,5,8-12H2,1H3,(H,17,22). The average Bonchev–Trinajstić information content (AvgIpc) is 2.94. The molecular weight excluding hydrogens is 358 g/mol. The molecule has 26 heavy (non-hydrogen) atoms. The molecule has 0 radical (unpaired) electrons. The van der Waals surface area contributed by atoms with E-state index in [4.69, 9.17) is 4.52 Å². The summed E-state index contributed by atoms with van der Waals surface area (Å²) in [6.45, 7) is 1.68. The van der Waals surface area contributed by atoms with Gasteiger partial charge in [0.2, 0.25) is 21.7 Å². The highest BCUT2D eigenvalue weighted by atomic mass is 32.2. The highest BCUT2D eigenvalue weighted by molar-refractivity contribution is 7.88. The van der Waals surface area contributed by atoms with E-state index in [0.717, 1.165) is 5.56 Å². The zero-order valence-corrected chi connectivity index (χ0v) is 15.3. The Morgan fingerprint density at radius 2 is 1.96 bits per heavy atom. The zero-order chi connectivity index (χ0) is 18.6. The molecule has 0 unspecified atom stereocenters. The monoisotopic (exact) mass is 379 g/mol. The molecule has 0 saturated carbocycles. The summed E-state index contributed by atoms with van der Waals surface area (Å²) in [5, 5.41) is 6.64. The maximum Gasteiger partial charge on any atom is 0.317 e. The Kier molecular flexibility index (Phi) is 5.52. The van der Waals surface area contributed by atoms with Crippen molar-refractivity contribution in [3.63, 3.8) is 0 Å². The molecule has 3 rings (SSSR count). The number of aromatic nitrogens is 2. The fraction of sp³-hybridized carbons (Fsp3) is 0.438. The van der Waals surface area contributed by atoms with Crippen LogP contribution in [0.3, 0.4) is 0 Å². The summed E-state index contributed by atoms with van der Waals surface area (Å²) >= 11 is 0. The van der Waals surface area contributed by atoms with Crippen molar-refractivity contribution in [1.82, 2.24) is 24.7 Å². The lowest BCUT2D eigenvalue weighted by molar-refractivity contribution is 0.198. The molecule has 0 aliphatic carbocycles. The summed E-state index contributed by atoms with van der Waals surface area (Å²) in [5.74, 6) is 0.776. The van der Waals surface area contributed by atoms with E-state index in [1.165, 1.54) is 10.6 Å². The van der Waals surface area contributed by atoms with Gasteiger partial charge < -0.3 is 14.7 Å². The number of sulfonamides is 1. The molecule has 2 heterocycles. The van der Waals surface area contributed by atoms with Gasteiger partial charge in [-0.25, -0.2) is 17.5 Å². The molecule has 2 aromatic rings. The third-order valence-corrected chi connectivity index (χ3v) is 5.41. The lowest BCUT2D eigenvalue weighted by Crippen LogP contribution is -2.42. The van der Waals surface area contributed by atoms with Crippen LogP contribution in [0.2, 0.25) is 0 Å². The van der Waals surface area contributed by atoms with E-state index in [1.54, 1.807) is 4.90 Å². The molecule has 0 bridgehead atoms. The van der Waals surface area contributed by atoms with Crippen LogP contribution >= 0.6 is 0 Å². The van der Waals surface area contributed by atoms with E-state index in [9.17, 15) is 13.2 Å². The van der Waals surface area contributed by atoms with Crippen molar-refractivity contribution in [3.05, 3.63) is 36.2 Å². The van der Waals surface area contributed by atoms with Crippen molar-refractivity contribution in [1.29, 1.82) is 0 Å².